The van der Waals surface area contributed by atoms with Crippen LogP contribution in [0.3, 0.4) is 0 Å². The van der Waals surface area contributed by atoms with Crippen LogP contribution in [-0.2, 0) is 6.42 Å². The summed E-state index contributed by atoms with van der Waals surface area (Å²) >= 11 is 0. The van der Waals surface area contributed by atoms with Crippen LogP contribution in [0.5, 0.6) is 5.75 Å². The lowest BCUT2D eigenvalue weighted by atomic mass is 10.1. The molecule has 0 radical (unpaired) electrons. The summed E-state index contributed by atoms with van der Waals surface area (Å²) in [5, 5.41) is 0. The van der Waals surface area contributed by atoms with Crippen molar-refractivity contribution >= 4 is 5.78 Å². The largest absolute Gasteiger partial charge is 0.485 e. The van der Waals surface area contributed by atoms with Gasteiger partial charge in [-0.1, -0.05) is 42.8 Å². The van der Waals surface area contributed by atoms with Crippen molar-refractivity contribution in [2.45, 2.75) is 20.3 Å². The number of Topliss-reactive ketones (excluding diaryl/α,β-unsaturated/α-hetero) is 1. The maximum absolute atomic E-state index is 12.0. The van der Waals surface area contributed by atoms with Crippen molar-refractivity contribution in [2.75, 3.05) is 6.61 Å². The van der Waals surface area contributed by atoms with Gasteiger partial charge in [-0.15, -0.1) is 0 Å². The van der Waals surface area contributed by atoms with E-state index in [-0.39, 0.29) is 12.4 Å². The van der Waals surface area contributed by atoms with Gasteiger partial charge in [0.1, 0.15) is 5.75 Å². The molecule has 0 N–H and O–H groups in total. The fourth-order valence-corrected chi connectivity index (χ4v) is 1.91. The molecule has 2 rings (SSSR count). The van der Waals surface area contributed by atoms with Crippen molar-refractivity contribution in [3.05, 3.63) is 65.2 Å². The van der Waals surface area contributed by atoms with E-state index in [2.05, 4.69) is 13.0 Å². The fourth-order valence-electron chi connectivity index (χ4n) is 1.91. The maximum Gasteiger partial charge on any atom is 0.200 e. The van der Waals surface area contributed by atoms with Crippen LogP contribution < -0.4 is 4.74 Å². The van der Waals surface area contributed by atoms with Gasteiger partial charge in [-0.2, -0.15) is 0 Å². The average Bonchev–Trinajstić information content (AvgIpc) is 2.45. The minimum absolute atomic E-state index is 0.00519. The molecule has 98 valence electrons. The second kappa shape index (κ2) is 6.19. The first-order valence-electron chi connectivity index (χ1n) is 6.50. The Morgan fingerprint density at radius 3 is 2.63 bits per heavy atom. The zero-order valence-electron chi connectivity index (χ0n) is 11.3. The van der Waals surface area contributed by atoms with Gasteiger partial charge in [0.2, 0.25) is 0 Å². The molecule has 2 heteroatoms. The molecule has 0 aliphatic rings. The summed E-state index contributed by atoms with van der Waals surface area (Å²) in [7, 11) is 0. The summed E-state index contributed by atoms with van der Waals surface area (Å²) < 4.78 is 5.56. The summed E-state index contributed by atoms with van der Waals surface area (Å²) in [4.78, 5) is 12.0. The lowest BCUT2D eigenvalue weighted by molar-refractivity contribution is 0.0921. The number of benzene rings is 2. The Labute approximate surface area is 114 Å². The minimum atomic E-state index is 0.00519. The van der Waals surface area contributed by atoms with Crippen LogP contribution in [0.15, 0.2) is 48.5 Å². The number of ketones is 1. The molecule has 0 saturated carbocycles. The monoisotopic (exact) mass is 254 g/mol. The van der Waals surface area contributed by atoms with Crippen LogP contribution in [0, 0.1) is 6.92 Å². The Morgan fingerprint density at radius 2 is 1.89 bits per heavy atom. The van der Waals surface area contributed by atoms with Crippen molar-refractivity contribution < 1.29 is 9.53 Å². The minimum Gasteiger partial charge on any atom is -0.485 e. The van der Waals surface area contributed by atoms with Crippen LogP contribution >= 0.6 is 0 Å². The van der Waals surface area contributed by atoms with Gasteiger partial charge in [0.25, 0.3) is 0 Å². The van der Waals surface area contributed by atoms with Gasteiger partial charge in [-0.25, -0.2) is 0 Å². The summed E-state index contributed by atoms with van der Waals surface area (Å²) in [5.74, 6) is 0.756. The number of ether oxygens (including phenoxy) is 1. The molecular weight excluding hydrogens is 236 g/mol. The highest BCUT2D eigenvalue weighted by Crippen LogP contribution is 2.14. The van der Waals surface area contributed by atoms with E-state index in [4.69, 9.17) is 4.74 Å². The predicted molar refractivity (Wildman–Crippen MR) is 76.8 cm³/mol. The highest BCUT2D eigenvalue weighted by molar-refractivity contribution is 5.97. The third kappa shape index (κ3) is 3.68. The molecule has 0 unspecified atom stereocenters. The van der Waals surface area contributed by atoms with Crippen LogP contribution in [0.4, 0.5) is 0 Å². The predicted octanol–water partition coefficient (Wildman–Crippen LogP) is 3.82. The maximum atomic E-state index is 12.0. The SMILES string of the molecule is CCc1cccc(OCC(=O)c2cccc(C)c2)c1. The fraction of sp³-hybridized carbons (Fsp3) is 0.235. The highest BCUT2D eigenvalue weighted by Gasteiger charge is 2.07. The van der Waals surface area contributed by atoms with Gasteiger partial charge >= 0.3 is 0 Å². The van der Waals surface area contributed by atoms with Crippen molar-refractivity contribution in [1.29, 1.82) is 0 Å². The van der Waals surface area contributed by atoms with Gasteiger partial charge in [-0.3, -0.25) is 4.79 Å². The molecule has 19 heavy (non-hydrogen) atoms. The molecule has 0 spiro atoms. The summed E-state index contributed by atoms with van der Waals surface area (Å²) in [6.07, 6.45) is 0.961. The molecule has 0 saturated heterocycles. The van der Waals surface area contributed by atoms with Crippen molar-refractivity contribution in [3.8, 4) is 5.75 Å². The molecule has 0 fully saturated rings. The first-order valence-corrected chi connectivity index (χ1v) is 6.50. The van der Waals surface area contributed by atoms with Gasteiger partial charge in [-0.05, 0) is 37.1 Å². The molecule has 0 aliphatic heterocycles. The van der Waals surface area contributed by atoms with Crippen LogP contribution in [0.25, 0.3) is 0 Å². The molecular formula is C17H18O2. The normalized spacial score (nSPS) is 10.2. The summed E-state index contributed by atoms with van der Waals surface area (Å²) in [5.41, 5.74) is 2.99. The summed E-state index contributed by atoms with van der Waals surface area (Å²) in [6, 6.07) is 15.4. The zero-order valence-corrected chi connectivity index (χ0v) is 11.3. The Balaban J connectivity index is 2.00. The topological polar surface area (TPSA) is 26.3 Å². The molecule has 2 aromatic rings. The first-order chi connectivity index (χ1) is 9.19. The number of rotatable bonds is 5. The standard InChI is InChI=1S/C17H18O2/c1-3-14-7-5-9-16(11-14)19-12-17(18)15-8-4-6-13(2)10-15/h4-11H,3,12H2,1-2H3. The van der Waals surface area contributed by atoms with E-state index >= 15 is 0 Å². The van der Waals surface area contributed by atoms with Crippen LogP contribution in [0.2, 0.25) is 0 Å². The Morgan fingerprint density at radius 1 is 1.11 bits per heavy atom. The second-order valence-corrected chi connectivity index (χ2v) is 4.58. The van der Waals surface area contributed by atoms with Crippen LogP contribution in [0.1, 0.15) is 28.4 Å². The van der Waals surface area contributed by atoms with E-state index in [1.165, 1.54) is 5.56 Å². The van der Waals surface area contributed by atoms with Crippen LogP contribution in [-0.4, -0.2) is 12.4 Å². The van der Waals surface area contributed by atoms with Crippen molar-refractivity contribution in [3.63, 3.8) is 0 Å². The van der Waals surface area contributed by atoms with E-state index in [0.29, 0.717) is 5.56 Å². The molecule has 0 aromatic heterocycles. The lowest BCUT2D eigenvalue weighted by Crippen LogP contribution is -2.11. The van der Waals surface area contributed by atoms with E-state index in [0.717, 1.165) is 17.7 Å². The van der Waals surface area contributed by atoms with E-state index in [1.807, 2.05) is 49.4 Å². The summed E-state index contributed by atoms with van der Waals surface area (Å²) in [6.45, 7) is 4.15. The zero-order chi connectivity index (χ0) is 13.7. The smallest absolute Gasteiger partial charge is 0.200 e. The van der Waals surface area contributed by atoms with E-state index in [1.54, 1.807) is 0 Å². The highest BCUT2D eigenvalue weighted by atomic mass is 16.5. The second-order valence-electron chi connectivity index (χ2n) is 4.58. The van der Waals surface area contributed by atoms with E-state index in [9.17, 15) is 4.79 Å². The lowest BCUT2D eigenvalue weighted by Gasteiger charge is -2.07. The van der Waals surface area contributed by atoms with Crippen molar-refractivity contribution in [2.24, 2.45) is 0 Å². The number of aryl methyl sites for hydroxylation is 2. The third-order valence-corrected chi connectivity index (χ3v) is 3.02. The number of hydrogen-bond acceptors (Lipinski definition) is 2. The Bertz CT molecular complexity index is 573. The first kappa shape index (κ1) is 13.3. The van der Waals surface area contributed by atoms with Gasteiger partial charge in [0, 0.05) is 5.56 Å². The average molecular weight is 254 g/mol. The van der Waals surface area contributed by atoms with Crippen molar-refractivity contribution in [1.82, 2.24) is 0 Å². The van der Waals surface area contributed by atoms with Gasteiger partial charge in [0.05, 0.1) is 0 Å². The molecule has 0 heterocycles. The molecule has 0 atom stereocenters. The van der Waals surface area contributed by atoms with E-state index < -0.39 is 0 Å². The molecule has 0 amide bonds. The van der Waals surface area contributed by atoms with Gasteiger partial charge in [0.15, 0.2) is 12.4 Å². The quantitative estimate of drug-likeness (QED) is 0.758. The molecule has 0 bridgehead atoms. The molecule has 0 aliphatic carbocycles. The molecule has 2 nitrogen and oxygen atoms in total. The number of hydrogen-bond donors (Lipinski definition) is 0. The van der Waals surface area contributed by atoms with Gasteiger partial charge < -0.3 is 4.74 Å². The Hall–Kier alpha value is -2.09. The third-order valence-electron chi connectivity index (χ3n) is 3.02. The number of carbonyl (C=O) groups is 1. The number of carbonyl (C=O) groups excluding carboxylic acids is 1. The molecule has 2 aromatic carbocycles. The Kier molecular flexibility index (Phi) is 4.35.